The fourth-order valence-electron chi connectivity index (χ4n) is 2.50. The number of amides is 1. The van der Waals surface area contributed by atoms with Crippen LogP contribution in [0.1, 0.15) is 12.5 Å². The maximum absolute atomic E-state index is 12.5. The molecule has 2 aromatic carbocycles. The number of hydrazone groups is 1. The molecule has 0 radical (unpaired) electrons. The molecule has 0 atom stereocenters. The Hall–Kier alpha value is -3.54. The molecule has 0 saturated heterocycles. The van der Waals surface area contributed by atoms with Crippen molar-refractivity contribution in [3.05, 3.63) is 88.0 Å². The van der Waals surface area contributed by atoms with Crippen LogP contribution < -0.4 is 5.01 Å². The number of carbonyl (C=O) groups is 1. The van der Waals surface area contributed by atoms with E-state index in [2.05, 4.69) is 5.10 Å². The summed E-state index contributed by atoms with van der Waals surface area (Å²) in [5, 5.41) is 16.7. The Balaban J connectivity index is 1.85. The summed E-state index contributed by atoms with van der Waals surface area (Å²) in [6.07, 6.45) is 4.86. The predicted octanol–water partition coefficient (Wildman–Crippen LogP) is 3.96. The van der Waals surface area contributed by atoms with Gasteiger partial charge in [-0.25, -0.2) is 0 Å². The highest BCUT2D eigenvalue weighted by Gasteiger charge is 2.27. The van der Waals surface area contributed by atoms with Gasteiger partial charge in [0.15, 0.2) is 0 Å². The number of allylic oxidation sites excluding steroid dienone is 2. The first kappa shape index (κ1) is 16.3. The zero-order valence-corrected chi connectivity index (χ0v) is 13.5. The van der Waals surface area contributed by atoms with Crippen molar-refractivity contribution in [2.45, 2.75) is 6.92 Å². The lowest BCUT2D eigenvalue weighted by Crippen LogP contribution is -2.21. The van der Waals surface area contributed by atoms with Crippen LogP contribution in [0.25, 0.3) is 6.08 Å². The third-order valence-corrected chi connectivity index (χ3v) is 3.74. The van der Waals surface area contributed by atoms with E-state index in [4.69, 9.17) is 0 Å². The summed E-state index contributed by atoms with van der Waals surface area (Å²) in [6.45, 7) is 1.76. The summed E-state index contributed by atoms with van der Waals surface area (Å²) in [5.74, 6) is -0.226. The third kappa shape index (κ3) is 3.37. The van der Waals surface area contributed by atoms with Gasteiger partial charge in [0.25, 0.3) is 11.6 Å². The van der Waals surface area contributed by atoms with Crippen molar-refractivity contribution in [1.29, 1.82) is 0 Å². The zero-order chi connectivity index (χ0) is 17.8. The lowest BCUT2D eigenvalue weighted by Gasteiger charge is -2.10. The molecule has 0 N–H and O–H groups in total. The first-order valence-corrected chi connectivity index (χ1v) is 7.65. The van der Waals surface area contributed by atoms with E-state index < -0.39 is 4.92 Å². The SMILES string of the molecule is CC1=NN(c2ccccc2)C(=O)C1=CC=Cc1ccccc1[N+](=O)[O-]. The van der Waals surface area contributed by atoms with Gasteiger partial charge >= 0.3 is 0 Å². The summed E-state index contributed by atoms with van der Waals surface area (Å²) in [4.78, 5) is 23.1. The minimum atomic E-state index is -0.433. The molecule has 25 heavy (non-hydrogen) atoms. The molecule has 1 aliphatic heterocycles. The first-order chi connectivity index (χ1) is 12.1. The van der Waals surface area contributed by atoms with Crippen LogP contribution in [-0.4, -0.2) is 16.5 Å². The largest absolute Gasteiger partial charge is 0.280 e. The van der Waals surface area contributed by atoms with Crippen LogP contribution >= 0.6 is 0 Å². The van der Waals surface area contributed by atoms with Gasteiger partial charge in [-0.3, -0.25) is 14.9 Å². The Bertz CT molecular complexity index is 915. The maximum Gasteiger partial charge on any atom is 0.280 e. The molecule has 3 rings (SSSR count). The second-order valence-corrected chi connectivity index (χ2v) is 5.39. The molecule has 0 fully saturated rings. The van der Waals surface area contributed by atoms with Gasteiger partial charge in [-0.15, -0.1) is 0 Å². The molecule has 0 saturated carbocycles. The zero-order valence-electron chi connectivity index (χ0n) is 13.5. The van der Waals surface area contributed by atoms with E-state index in [1.165, 1.54) is 11.1 Å². The molecule has 6 heteroatoms. The molecule has 0 aromatic heterocycles. The van der Waals surface area contributed by atoms with E-state index in [-0.39, 0.29) is 11.6 Å². The molecule has 1 amide bonds. The maximum atomic E-state index is 12.5. The Morgan fingerprint density at radius 1 is 1.08 bits per heavy atom. The van der Waals surface area contributed by atoms with E-state index >= 15 is 0 Å². The molecule has 124 valence electrons. The average Bonchev–Trinajstić information content (AvgIpc) is 2.91. The summed E-state index contributed by atoms with van der Waals surface area (Å²) < 4.78 is 0. The summed E-state index contributed by atoms with van der Waals surface area (Å²) in [6, 6.07) is 15.6. The molecule has 0 spiro atoms. The van der Waals surface area contributed by atoms with E-state index in [9.17, 15) is 14.9 Å². The number of nitrogens with zero attached hydrogens (tertiary/aromatic N) is 3. The fraction of sp³-hybridized carbons (Fsp3) is 0.0526. The molecule has 0 unspecified atom stereocenters. The number of para-hydroxylation sites is 2. The van der Waals surface area contributed by atoms with Crippen molar-refractivity contribution in [3.8, 4) is 0 Å². The van der Waals surface area contributed by atoms with E-state index in [1.807, 2.05) is 18.2 Å². The Kier molecular flexibility index (Phi) is 4.52. The molecular formula is C19H15N3O3. The third-order valence-electron chi connectivity index (χ3n) is 3.74. The van der Waals surface area contributed by atoms with Crippen molar-refractivity contribution in [2.24, 2.45) is 5.10 Å². The highest BCUT2D eigenvalue weighted by Crippen LogP contribution is 2.24. The standard InChI is InChI=1S/C19H15N3O3/c1-14-17(19(23)21(20-14)16-10-3-2-4-11-16)12-7-9-15-8-5-6-13-18(15)22(24)25/h2-13H,1H3. The smallest absolute Gasteiger partial charge is 0.267 e. The van der Waals surface area contributed by atoms with Crippen LogP contribution in [0.3, 0.4) is 0 Å². The Morgan fingerprint density at radius 2 is 1.76 bits per heavy atom. The molecule has 1 heterocycles. The van der Waals surface area contributed by atoms with Crippen LogP contribution in [0.2, 0.25) is 0 Å². The number of benzene rings is 2. The topological polar surface area (TPSA) is 75.8 Å². The van der Waals surface area contributed by atoms with Crippen LogP contribution in [0.4, 0.5) is 11.4 Å². The monoisotopic (exact) mass is 333 g/mol. The normalized spacial score (nSPS) is 15.9. The highest BCUT2D eigenvalue weighted by atomic mass is 16.6. The second kappa shape index (κ2) is 6.92. The number of hydrogen-bond donors (Lipinski definition) is 0. The van der Waals surface area contributed by atoms with Crippen molar-refractivity contribution >= 4 is 29.1 Å². The number of carbonyl (C=O) groups excluding carboxylic acids is 1. The molecule has 1 aliphatic rings. The Morgan fingerprint density at radius 3 is 2.48 bits per heavy atom. The van der Waals surface area contributed by atoms with Crippen molar-refractivity contribution < 1.29 is 9.72 Å². The van der Waals surface area contributed by atoms with Gasteiger partial charge in [-0.05, 0) is 37.3 Å². The minimum Gasteiger partial charge on any atom is -0.267 e. The average molecular weight is 333 g/mol. The van der Waals surface area contributed by atoms with Crippen molar-refractivity contribution in [2.75, 3.05) is 5.01 Å². The number of rotatable bonds is 4. The van der Waals surface area contributed by atoms with Crippen LogP contribution in [-0.2, 0) is 4.79 Å². The van der Waals surface area contributed by atoms with Gasteiger partial charge < -0.3 is 0 Å². The van der Waals surface area contributed by atoms with Gasteiger partial charge in [0, 0.05) is 6.07 Å². The van der Waals surface area contributed by atoms with Gasteiger partial charge in [-0.2, -0.15) is 10.1 Å². The number of hydrogen-bond acceptors (Lipinski definition) is 4. The first-order valence-electron chi connectivity index (χ1n) is 7.65. The number of nitro groups is 1. The molecule has 0 bridgehead atoms. The van der Waals surface area contributed by atoms with Crippen LogP contribution in [0, 0.1) is 10.1 Å². The molecular weight excluding hydrogens is 318 g/mol. The predicted molar refractivity (Wildman–Crippen MR) is 97.3 cm³/mol. The fourth-order valence-corrected chi connectivity index (χ4v) is 2.50. The van der Waals surface area contributed by atoms with Gasteiger partial charge in [-0.1, -0.05) is 36.4 Å². The summed E-state index contributed by atoms with van der Waals surface area (Å²) in [5.41, 5.74) is 2.24. The van der Waals surface area contributed by atoms with Crippen molar-refractivity contribution in [3.63, 3.8) is 0 Å². The quantitative estimate of drug-likeness (QED) is 0.483. The summed E-state index contributed by atoms with van der Waals surface area (Å²) in [7, 11) is 0. The lowest BCUT2D eigenvalue weighted by atomic mass is 10.1. The Labute approximate surface area is 144 Å². The van der Waals surface area contributed by atoms with E-state index in [0.29, 0.717) is 22.5 Å². The highest BCUT2D eigenvalue weighted by molar-refractivity contribution is 6.29. The molecule has 2 aromatic rings. The molecule has 6 nitrogen and oxygen atoms in total. The summed E-state index contributed by atoms with van der Waals surface area (Å²) >= 11 is 0. The number of nitro benzene ring substituents is 1. The second-order valence-electron chi connectivity index (χ2n) is 5.39. The van der Waals surface area contributed by atoms with Gasteiger partial charge in [0.05, 0.1) is 27.5 Å². The van der Waals surface area contributed by atoms with Crippen LogP contribution in [0.15, 0.2) is 77.4 Å². The molecule has 0 aliphatic carbocycles. The lowest BCUT2D eigenvalue weighted by molar-refractivity contribution is -0.385. The van der Waals surface area contributed by atoms with E-state index in [0.717, 1.165) is 0 Å². The van der Waals surface area contributed by atoms with Crippen molar-refractivity contribution in [1.82, 2.24) is 0 Å². The van der Waals surface area contributed by atoms with Gasteiger partial charge in [0.2, 0.25) is 0 Å². The van der Waals surface area contributed by atoms with Crippen LogP contribution in [0.5, 0.6) is 0 Å². The van der Waals surface area contributed by atoms with E-state index in [1.54, 1.807) is 55.5 Å². The van der Waals surface area contributed by atoms with Gasteiger partial charge in [0.1, 0.15) is 0 Å². The number of anilines is 1. The minimum absolute atomic E-state index is 0.0196.